The van der Waals surface area contributed by atoms with Crippen molar-refractivity contribution in [2.24, 2.45) is 0 Å². The van der Waals surface area contributed by atoms with Crippen LogP contribution in [0.15, 0.2) is 60.7 Å². The third kappa shape index (κ3) is 7.22. The molecule has 0 aliphatic carbocycles. The molecule has 0 aliphatic rings. The van der Waals surface area contributed by atoms with Gasteiger partial charge in [0.25, 0.3) is 0 Å². The molecule has 0 saturated heterocycles. The van der Waals surface area contributed by atoms with Gasteiger partial charge in [-0.3, -0.25) is 10.1 Å². The normalized spacial score (nSPS) is 12.8. The highest BCUT2D eigenvalue weighted by Gasteiger charge is 2.29. The SMILES string of the molecule is CCOC(=O)C(NCc1c(OC)cc(/C=C/c2cccc(-c3ccccc3)c2C)cc1OC)C(O)OCC. The number of rotatable bonds is 13. The Bertz CT molecular complexity index is 1200. The summed E-state index contributed by atoms with van der Waals surface area (Å²) >= 11 is 0. The Morgan fingerprint density at radius 2 is 1.63 bits per heavy atom. The topological polar surface area (TPSA) is 86.3 Å². The van der Waals surface area contributed by atoms with Gasteiger partial charge < -0.3 is 24.1 Å². The fourth-order valence-corrected chi connectivity index (χ4v) is 4.24. The number of hydrogen-bond acceptors (Lipinski definition) is 7. The van der Waals surface area contributed by atoms with Gasteiger partial charge in [-0.25, -0.2) is 0 Å². The molecular formula is C31H37NO6. The van der Waals surface area contributed by atoms with Gasteiger partial charge in [0.1, 0.15) is 11.5 Å². The van der Waals surface area contributed by atoms with Crippen LogP contribution in [-0.4, -0.2) is 50.8 Å². The molecule has 0 amide bonds. The smallest absolute Gasteiger partial charge is 0.328 e. The van der Waals surface area contributed by atoms with Crippen LogP contribution >= 0.6 is 0 Å². The monoisotopic (exact) mass is 519 g/mol. The predicted octanol–water partition coefficient (Wildman–Crippen LogP) is 5.23. The van der Waals surface area contributed by atoms with Crippen LogP contribution < -0.4 is 14.8 Å². The maximum Gasteiger partial charge on any atom is 0.328 e. The average molecular weight is 520 g/mol. The summed E-state index contributed by atoms with van der Waals surface area (Å²) in [5, 5.41) is 13.4. The van der Waals surface area contributed by atoms with Crippen LogP contribution in [0.5, 0.6) is 11.5 Å². The first-order chi connectivity index (χ1) is 18.4. The van der Waals surface area contributed by atoms with E-state index in [0.717, 1.165) is 11.1 Å². The van der Waals surface area contributed by atoms with Crippen molar-refractivity contribution in [2.75, 3.05) is 27.4 Å². The summed E-state index contributed by atoms with van der Waals surface area (Å²) in [4.78, 5) is 12.4. The van der Waals surface area contributed by atoms with E-state index in [-0.39, 0.29) is 19.8 Å². The molecule has 2 atom stereocenters. The van der Waals surface area contributed by atoms with Crippen molar-refractivity contribution in [1.82, 2.24) is 5.32 Å². The minimum absolute atomic E-state index is 0.183. The first-order valence-corrected chi connectivity index (χ1v) is 12.7. The molecule has 0 heterocycles. The van der Waals surface area contributed by atoms with Gasteiger partial charge in [0, 0.05) is 18.7 Å². The number of ether oxygens (including phenoxy) is 4. The molecule has 3 rings (SSSR count). The van der Waals surface area contributed by atoms with Gasteiger partial charge >= 0.3 is 5.97 Å². The number of esters is 1. The second kappa shape index (κ2) is 14.3. The number of methoxy groups -OCH3 is 2. The van der Waals surface area contributed by atoms with Gasteiger partial charge in [0.2, 0.25) is 0 Å². The summed E-state index contributed by atoms with van der Waals surface area (Å²) in [5.41, 5.74) is 6.26. The molecular weight excluding hydrogens is 482 g/mol. The van der Waals surface area contributed by atoms with Crippen molar-refractivity contribution >= 4 is 18.1 Å². The highest BCUT2D eigenvalue weighted by Crippen LogP contribution is 2.32. The lowest BCUT2D eigenvalue weighted by molar-refractivity contribution is -0.165. The van der Waals surface area contributed by atoms with Crippen LogP contribution in [0.25, 0.3) is 23.3 Å². The van der Waals surface area contributed by atoms with Crippen LogP contribution in [0.1, 0.15) is 36.1 Å². The molecule has 0 fully saturated rings. The van der Waals surface area contributed by atoms with Crippen molar-refractivity contribution in [3.8, 4) is 22.6 Å². The Morgan fingerprint density at radius 1 is 0.947 bits per heavy atom. The van der Waals surface area contributed by atoms with Crippen LogP contribution in [-0.2, 0) is 20.8 Å². The quantitative estimate of drug-likeness (QED) is 0.182. The number of benzene rings is 3. The van der Waals surface area contributed by atoms with Crippen molar-refractivity contribution in [1.29, 1.82) is 0 Å². The summed E-state index contributed by atoms with van der Waals surface area (Å²) in [6, 6.07) is 19.3. The summed E-state index contributed by atoms with van der Waals surface area (Å²) in [6.45, 7) is 6.19. The molecule has 3 aromatic carbocycles. The van der Waals surface area contributed by atoms with E-state index in [1.165, 1.54) is 16.7 Å². The second-order valence-corrected chi connectivity index (χ2v) is 8.58. The highest BCUT2D eigenvalue weighted by atomic mass is 16.6. The molecule has 7 nitrogen and oxygen atoms in total. The van der Waals surface area contributed by atoms with Crippen molar-refractivity contribution in [3.63, 3.8) is 0 Å². The molecule has 0 aliphatic heterocycles. The van der Waals surface area contributed by atoms with Crippen LogP contribution in [0.2, 0.25) is 0 Å². The van der Waals surface area contributed by atoms with E-state index < -0.39 is 18.3 Å². The van der Waals surface area contributed by atoms with E-state index >= 15 is 0 Å². The third-order valence-electron chi connectivity index (χ3n) is 6.21. The summed E-state index contributed by atoms with van der Waals surface area (Å²) in [5.74, 6) is 0.568. The molecule has 0 radical (unpaired) electrons. The Labute approximate surface area is 225 Å². The Balaban J connectivity index is 1.87. The van der Waals surface area contributed by atoms with E-state index in [1.54, 1.807) is 28.1 Å². The molecule has 38 heavy (non-hydrogen) atoms. The van der Waals surface area contributed by atoms with Crippen molar-refractivity contribution in [3.05, 3.63) is 82.9 Å². The van der Waals surface area contributed by atoms with E-state index in [4.69, 9.17) is 18.9 Å². The Morgan fingerprint density at radius 3 is 2.24 bits per heavy atom. The molecule has 0 aromatic heterocycles. The molecule has 0 saturated carbocycles. The van der Waals surface area contributed by atoms with Gasteiger partial charge in [-0.15, -0.1) is 0 Å². The minimum atomic E-state index is -1.35. The minimum Gasteiger partial charge on any atom is -0.496 e. The lowest BCUT2D eigenvalue weighted by Crippen LogP contribution is -2.48. The molecule has 0 bridgehead atoms. The maximum atomic E-state index is 12.4. The Hall–Kier alpha value is -3.65. The lowest BCUT2D eigenvalue weighted by atomic mass is 9.96. The van der Waals surface area contributed by atoms with E-state index in [0.29, 0.717) is 17.1 Å². The highest BCUT2D eigenvalue weighted by molar-refractivity contribution is 5.78. The van der Waals surface area contributed by atoms with E-state index in [1.807, 2.05) is 36.4 Å². The number of carbonyl (C=O) groups is 1. The third-order valence-corrected chi connectivity index (χ3v) is 6.21. The van der Waals surface area contributed by atoms with E-state index in [2.05, 4.69) is 48.6 Å². The lowest BCUT2D eigenvalue weighted by Gasteiger charge is -2.23. The average Bonchev–Trinajstić information content (AvgIpc) is 2.93. The molecule has 202 valence electrons. The maximum absolute atomic E-state index is 12.4. The standard InChI is InChI=1S/C31H37NO6/c1-6-37-30(33)29(31(34)38-7-2)32-20-26-27(35-4)18-22(19-28(26)36-5)16-17-23-14-11-15-25(21(23)3)24-12-9-8-10-13-24/h8-19,29-30,32-33H,6-7,20H2,1-5H3/b17-16+. The second-order valence-electron chi connectivity index (χ2n) is 8.58. The first-order valence-electron chi connectivity index (χ1n) is 12.7. The zero-order valence-corrected chi connectivity index (χ0v) is 22.7. The molecule has 0 spiro atoms. The number of aliphatic hydroxyl groups excluding tert-OH is 1. The van der Waals surface area contributed by atoms with Gasteiger partial charge in [-0.2, -0.15) is 0 Å². The summed E-state index contributed by atoms with van der Waals surface area (Å²) in [7, 11) is 3.16. The van der Waals surface area contributed by atoms with Crippen LogP contribution in [0, 0.1) is 6.92 Å². The summed E-state index contributed by atoms with van der Waals surface area (Å²) < 4.78 is 21.7. The fourth-order valence-electron chi connectivity index (χ4n) is 4.24. The number of carbonyl (C=O) groups excluding carboxylic acids is 1. The van der Waals surface area contributed by atoms with E-state index in [9.17, 15) is 9.90 Å². The van der Waals surface area contributed by atoms with Gasteiger partial charge in [-0.05, 0) is 60.7 Å². The largest absolute Gasteiger partial charge is 0.496 e. The number of aliphatic hydroxyl groups is 1. The summed E-state index contributed by atoms with van der Waals surface area (Å²) in [6.07, 6.45) is 2.73. The van der Waals surface area contributed by atoms with Crippen LogP contribution in [0.4, 0.5) is 0 Å². The van der Waals surface area contributed by atoms with Gasteiger partial charge in [0.15, 0.2) is 12.3 Å². The molecule has 7 heteroatoms. The fraction of sp³-hybridized carbons (Fsp3) is 0.323. The van der Waals surface area contributed by atoms with Crippen molar-refractivity contribution < 1.29 is 28.8 Å². The molecule has 2 unspecified atom stereocenters. The van der Waals surface area contributed by atoms with Gasteiger partial charge in [-0.1, -0.05) is 60.7 Å². The zero-order valence-electron chi connectivity index (χ0n) is 22.7. The predicted molar refractivity (Wildman–Crippen MR) is 150 cm³/mol. The van der Waals surface area contributed by atoms with Crippen molar-refractivity contribution in [2.45, 2.75) is 39.6 Å². The molecule has 3 aromatic rings. The van der Waals surface area contributed by atoms with Crippen LogP contribution in [0.3, 0.4) is 0 Å². The molecule has 2 N–H and O–H groups in total. The Kier molecular flexibility index (Phi) is 10.9. The van der Waals surface area contributed by atoms with Gasteiger partial charge in [0.05, 0.1) is 20.8 Å². The number of nitrogens with one attached hydrogen (secondary N) is 1. The first kappa shape index (κ1) is 28.9. The number of hydrogen-bond donors (Lipinski definition) is 2. The zero-order chi connectivity index (χ0) is 27.5.